The van der Waals surface area contributed by atoms with Crippen molar-refractivity contribution in [3.05, 3.63) is 12.2 Å². The highest BCUT2D eigenvalue weighted by atomic mass is 16.8. The molecule has 0 bridgehead atoms. The lowest BCUT2D eigenvalue weighted by molar-refractivity contribution is -0.379. The molecule has 12 N–H and O–H groups in total. The number of hydrogen-bond acceptors (Lipinski definition) is 18. The van der Waals surface area contributed by atoms with E-state index in [1.54, 1.807) is 6.08 Å². The van der Waals surface area contributed by atoms with Crippen molar-refractivity contribution in [3.63, 3.8) is 0 Å². The van der Waals surface area contributed by atoms with Gasteiger partial charge in [0.05, 0.1) is 38.6 Å². The van der Waals surface area contributed by atoms with Crippen molar-refractivity contribution in [1.29, 1.82) is 0 Å². The van der Waals surface area contributed by atoms with E-state index in [1.165, 1.54) is 353 Å². The first-order valence-corrected chi connectivity index (χ1v) is 46.4. The molecule has 0 saturated carbocycles. The molecule has 3 fully saturated rings. The van der Waals surface area contributed by atoms with Gasteiger partial charge in [-0.25, -0.2) is 0 Å². The van der Waals surface area contributed by atoms with Crippen molar-refractivity contribution in [1.82, 2.24) is 5.32 Å². The van der Waals surface area contributed by atoms with E-state index in [1.807, 2.05) is 6.08 Å². The summed E-state index contributed by atoms with van der Waals surface area (Å²) in [6, 6.07) is -0.971. The summed E-state index contributed by atoms with van der Waals surface area (Å²) >= 11 is 0. The Morgan fingerprint density at radius 2 is 0.569 bits per heavy atom. The SMILES string of the molecule is CCCCCCCCCCCCCCCCCCCCCCCCCCC/C=C/C(O)C(COC1OC(CO)C(OC2OC(CO)C(OC3OC(CO)C(O)C(O)C3O)C(O)C2O)C(O)C1O)NC(=O)CCCCCCCCCCCCCCCCCCCCCCCCCCCCCCCCCCCCCCC. The van der Waals surface area contributed by atoms with Crippen molar-refractivity contribution in [3.8, 4) is 0 Å². The Morgan fingerprint density at radius 1 is 0.321 bits per heavy atom. The quantitative estimate of drug-likeness (QED) is 0.0199. The Labute approximate surface area is 665 Å². The van der Waals surface area contributed by atoms with Crippen LogP contribution in [0.2, 0.25) is 0 Å². The second-order valence-corrected chi connectivity index (χ2v) is 33.5. The number of rotatable bonds is 77. The van der Waals surface area contributed by atoms with Gasteiger partial charge < -0.3 is 89.9 Å². The Kier molecular flexibility index (Phi) is 66.0. The van der Waals surface area contributed by atoms with Crippen LogP contribution in [0.15, 0.2) is 12.2 Å². The van der Waals surface area contributed by atoms with Crippen molar-refractivity contribution in [2.75, 3.05) is 26.4 Å². The summed E-state index contributed by atoms with van der Waals surface area (Å²) in [6.07, 6.45) is 61.0. The van der Waals surface area contributed by atoms with Crippen LogP contribution in [0.4, 0.5) is 0 Å². The van der Waals surface area contributed by atoms with Gasteiger partial charge in [-0.1, -0.05) is 411 Å². The molecule has 19 heteroatoms. The highest BCUT2D eigenvalue weighted by molar-refractivity contribution is 5.76. The van der Waals surface area contributed by atoms with Gasteiger partial charge in [-0.3, -0.25) is 4.79 Å². The van der Waals surface area contributed by atoms with Crippen molar-refractivity contribution < 1.29 is 89.4 Å². The first-order valence-electron chi connectivity index (χ1n) is 46.4. The minimum absolute atomic E-state index is 0.251. The van der Waals surface area contributed by atoms with Crippen molar-refractivity contribution >= 4 is 5.91 Å². The summed E-state index contributed by atoms with van der Waals surface area (Å²) < 4.78 is 34.5. The molecule has 3 rings (SSSR count). The Hall–Kier alpha value is -1.47. The maximum atomic E-state index is 13.5. The average molecular weight is 1560 g/mol. The van der Waals surface area contributed by atoms with E-state index in [2.05, 4.69) is 19.2 Å². The third kappa shape index (κ3) is 49.4. The lowest BCUT2D eigenvalue weighted by Gasteiger charge is -2.48. The largest absolute Gasteiger partial charge is 0.394 e. The van der Waals surface area contributed by atoms with E-state index in [0.29, 0.717) is 6.42 Å². The Morgan fingerprint density at radius 3 is 0.862 bits per heavy atom. The monoisotopic (exact) mass is 1560 g/mol. The Balaban J connectivity index is 1.30. The first kappa shape index (κ1) is 102. The molecule has 1 amide bonds. The fourth-order valence-corrected chi connectivity index (χ4v) is 16.2. The van der Waals surface area contributed by atoms with Gasteiger partial charge in [0, 0.05) is 6.42 Å². The number of unbranched alkanes of at least 4 members (excludes halogenated alkanes) is 61. The summed E-state index contributed by atoms with van der Waals surface area (Å²) in [4.78, 5) is 13.5. The van der Waals surface area contributed by atoms with Gasteiger partial charge in [0.15, 0.2) is 18.9 Å². The van der Waals surface area contributed by atoms with Gasteiger partial charge in [0.1, 0.15) is 73.2 Å². The number of amides is 1. The smallest absolute Gasteiger partial charge is 0.220 e. The minimum atomic E-state index is -1.98. The normalized spacial score (nSPS) is 25.2. The molecule has 0 spiro atoms. The van der Waals surface area contributed by atoms with Gasteiger partial charge in [-0.15, -0.1) is 0 Å². The molecule has 3 aliphatic heterocycles. The lowest BCUT2D eigenvalue weighted by atomic mass is 9.96. The molecule has 109 heavy (non-hydrogen) atoms. The molecule has 19 nitrogen and oxygen atoms in total. The molecule has 17 atom stereocenters. The van der Waals surface area contributed by atoms with E-state index < -0.39 is 124 Å². The average Bonchev–Trinajstić information content (AvgIpc) is 0.766. The number of carbonyl (C=O) groups excluding carboxylic acids is 1. The molecule has 3 aliphatic rings. The zero-order chi connectivity index (χ0) is 78.8. The minimum Gasteiger partial charge on any atom is -0.394 e. The maximum Gasteiger partial charge on any atom is 0.220 e. The van der Waals surface area contributed by atoms with Crippen LogP contribution in [0.5, 0.6) is 0 Å². The number of allylic oxidation sites excluding steroid dienone is 1. The lowest BCUT2D eigenvalue weighted by Crippen LogP contribution is -2.66. The number of carbonyl (C=O) groups is 1. The predicted octanol–water partition coefficient (Wildman–Crippen LogP) is 17.9. The first-order chi connectivity index (χ1) is 53.3. The highest BCUT2D eigenvalue weighted by Crippen LogP contribution is 2.34. The van der Waals surface area contributed by atoms with Crippen LogP contribution >= 0.6 is 0 Å². The third-order valence-corrected chi connectivity index (χ3v) is 23.6. The van der Waals surface area contributed by atoms with Gasteiger partial charge in [0.2, 0.25) is 5.91 Å². The molecule has 0 aromatic heterocycles. The molecule has 0 aliphatic carbocycles. The second kappa shape index (κ2) is 70.7. The summed E-state index contributed by atoms with van der Waals surface area (Å²) in [5.41, 5.74) is 0. The standard InChI is InChI=1S/C90H173NO18/c1-3-5-7-9-11-13-15-17-19-21-23-25-27-29-31-32-33-34-35-36-37-38-39-40-42-44-46-48-50-52-54-56-58-60-62-64-66-68-78(96)91-73(74(95)67-65-63-61-59-57-55-53-51-49-47-45-43-41-30-28-26-24-22-20-18-16-14-12-10-8-6-4-2)72-104-88-84(102)81(99)86(76(70-93)106-88)109-90-85(103)82(100)87(77(71-94)107-90)108-89-83(101)80(98)79(97)75(69-92)105-89/h65,67,73-77,79-90,92-95,97-103H,3-64,66,68-72H2,1-2H3,(H,91,96)/b67-65+. The number of aliphatic hydroxyl groups is 11. The van der Waals surface area contributed by atoms with Gasteiger partial charge >= 0.3 is 0 Å². The molecule has 3 heterocycles. The molecular weight excluding hydrogens is 1380 g/mol. The number of ether oxygens (including phenoxy) is 6. The fourth-order valence-electron chi connectivity index (χ4n) is 16.2. The van der Waals surface area contributed by atoms with Crippen LogP contribution in [-0.4, -0.2) is 193 Å². The fraction of sp³-hybridized carbons (Fsp3) is 0.967. The van der Waals surface area contributed by atoms with E-state index >= 15 is 0 Å². The number of aliphatic hydroxyl groups excluding tert-OH is 11. The van der Waals surface area contributed by atoms with Crippen LogP contribution in [-0.2, 0) is 33.2 Å². The molecule has 17 unspecified atom stereocenters. The predicted molar refractivity (Wildman–Crippen MR) is 439 cm³/mol. The molecule has 646 valence electrons. The molecule has 0 radical (unpaired) electrons. The third-order valence-electron chi connectivity index (χ3n) is 23.6. The van der Waals surface area contributed by atoms with E-state index in [4.69, 9.17) is 28.4 Å². The summed E-state index contributed by atoms with van der Waals surface area (Å²) in [5.74, 6) is -0.264. The summed E-state index contributed by atoms with van der Waals surface area (Å²) in [5, 5.41) is 121. The van der Waals surface area contributed by atoms with Gasteiger partial charge in [0.25, 0.3) is 0 Å². The van der Waals surface area contributed by atoms with Crippen molar-refractivity contribution in [2.24, 2.45) is 0 Å². The highest BCUT2D eigenvalue weighted by Gasteiger charge is 2.54. The van der Waals surface area contributed by atoms with E-state index in [-0.39, 0.29) is 18.9 Å². The van der Waals surface area contributed by atoms with Crippen LogP contribution in [0, 0.1) is 0 Å². The van der Waals surface area contributed by atoms with Gasteiger partial charge in [-0.2, -0.15) is 0 Å². The number of nitrogens with one attached hydrogen (secondary N) is 1. The topological polar surface area (TPSA) is 307 Å². The van der Waals surface area contributed by atoms with E-state index in [9.17, 15) is 61.0 Å². The van der Waals surface area contributed by atoms with Crippen molar-refractivity contribution in [2.45, 2.75) is 529 Å². The van der Waals surface area contributed by atoms with Crippen LogP contribution in [0.25, 0.3) is 0 Å². The number of hydrogen-bond donors (Lipinski definition) is 12. The van der Waals surface area contributed by atoms with Crippen LogP contribution < -0.4 is 5.32 Å². The molecule has 3 saturated heterocycles. The second-order valence-electron chi connectivity index (χ2n) is 33.5. The molecule has 0 aromatic carbocycles. The zero-order valence-electron chi connectivity index (χ0n) is 69.8. The maximum absolute atomic E-state index is 13.5. The Bertz CT molecular complexity index is 2010. The molecular formula is C90H173NO18. The van der Waals surface area contributed by atoms with Gasteiger partial charge in [-0.05, 0) is 19.3 Å². The molecule has 0 aromatic rings. The summed E-state index contributed by atoms with van der Waals surface area (Å²) in [7, 11) is 0. The summed E-state index contributed by atoms with van der Waals surface area (Å²) in [6.45, 7) is 1.82. The zero-order valence-corrected chi connectivity index (χ0v) is 69.8. The van der Waals surface area contributed by atoms with Crippen LogP contribution in [0.3, 0.4) is 0 Å². The van der Waals surface area contributed by atoms with Crippen LogP contribution in [0.1, 0.15) is 425 Å². The van der Waals surface area contributed by atoms with E-state index in [0.717, 1.165) is 44.9 Å².